The van der Waals surface area contributed by atoms with Gasteiger partial charge in [-0.15, -0.1) is 0 Å². The number of hydrogen-bond donors (Lipinski definition) is 0. The second-order valence-corrected chi connectivity index (χ2v) is 13.0. The van der Waals surface area contributed by atoms with Crippen LogP contribution in [0.4, 0.5) is 0 Å². The van der Waals surface area contributed by atoms with Crippen LogP contribution in [0.2, 0.25) is 0 Å². The molecule has 0 aromatic carbocycles. The SMILES string of the molecule is CC(C)C1(C(C)C)CC1.CC(C)C1(C(C)C)CC1C.CC(C)C1(C(C)C)CCC1. The van der Waals surface area contributed by atoms with Crippen LogP contribution in [0, 0.1) is 57.7 Å². The molecule has 3 fully saturated rings. The second-order valence-electron chi connectivity index (χ2n) is 13.0. The maximum absolute atomic E-state index is 2.39. The third kappa shape index (κ3) is 5.63. The Bertz CT molecular complexity index is 421. The van der Waals surface area contributed by atoms with Gasteiger partial charge in [0.25, 0.3) is 0 Å². The van der Waals surface area contributed by atoms with Crippen molar-refractivity contribution in [2.75, 3.05) is 0 Å². The highest BCUT2D eigenvalue weighted by atomic mass is 14.6. The first-order chi connectivity index (χ1) is 13.2. The Morgan fingerprint density at radius 3 is 0.759 bits per heavy atom. The average molecular weight is 407 g/mol. The molecule has 0 saturated heterocycles. The summed E-state index contributed by atoms with van der Waals surface area (Å²) in [5, 5.41) is 0. The zero-order valence-electron chi connectivity index (χ0n) is 22.8. The van der Waals surface area contributed by atoms with Crippen LogP contribution < -0.4 is 0 Å². The molecular formula is C29H58. The summed E-state index contributed by atoms with van der Waals surface area (Å²) in [5.74, 6) is 6.31. The van der Waals surface area contributed by atoms with Crippen molar-refractivity contribution in [2.24, 2.45) is 57.7 Å². The van der Waals surface area contributed by atoms with E-state index in [9.17, 15) is 0 Å². The van der Waals surface area contributed by atoms with Gasteiger partial charge in [0.15, 0.2) is 0 Å². The molecule has 0 aromatic heterocycles. The lowest BCUT2D eigenvalue weighted by Gasteiger charge is -2.49. The third-order valence-corrected chi connectivity index (χ3v) is 10.3. The lowest BCUT2D eigenvalue weighted by atomic mass is 9.56. The molecule has 0 heteroatoms. The predicted octanol–water partition coefficient (Wildman–Crippen LogP) is 9.87. The topological polar surface area (TPSA) is 0 Å². The number of hydrogen-bond acceptors (Lipinski definition) is 0. The summed E-state index contributed by atoms with van der Waals surface area (Å²) in [7, 11) is 0. The van der Waals surface area contributed by atoms with E-state index in [0.29, 0.717) is 5.41 Å². The summed E-state index contributed by atoms with van der Waals surface area (Å²) < 4.78 is 0. The summed E-state index contributed by atoms with van der Waals surface area (Å²) in [6.45, 7) is 30.8. The van der Waals surface area contributed by atoms with E-state index in [1.807, 2.05) is 0 Å². The normalized spacial score (nSPS) is 25.6. The van der Waals surface area contributed by atoms with Crippen LogP contribution >= 0.6 is 0 Å². The van der Waals surface area contributed by atoms with E-state index >= 15 is 0 Å². The van der Waals surface area contributed by atoms with Gasteiger partial charge < -0.3 is 0 Å². The zero-order valence-corrected chi connectivity index (χ0v) is 22.8. The van der Waals surface area contributed by atoms with Crippen molar-refractivity contribution in [2.45, 2.75) is 129 Å². The largest absolute Gasteiger partial charge is 0.0622 e. The molecule has 1 atom stereocenters. The smallest absolute Gasteiger partial charge is 0.0223 e. The fourth-order valence-corrected chi connectivity index (χ4v) is 7.12. The molecule has 1 unspecified atom stereocenters. The van der Waals surface area contributed by atoms with Gasteiger partial charge in [0.05, 0.1) is 0 Å². The van der Waals surface area contributed by atoms with Gasteiger partial charge in [-0.05, 0) is 89.8 Å². The number of rotatable bonds is 6. The molecule has 0 radical (unpaired) electrons. The van der Waals surface area contributed by atoms with Gasteiger partial charge in [-0.3, -0.25) is 0 Å². The molecule has 0 aliphatic heterocycles. The predicted molar refractivity (Wildman–Crippen MR) is 133 cm³/mol. The summed E-state index contributed by atoms with van der Waals surface area (Å²) >= 11 is 0. The van der Waals surface area contributed by atoms with Crippen LogP contribution in [0.3, 0.4) is 0 Å². The molecule has 3 aliphatic rings. The van der Waals surface area contributed by atoms with Crippen LogP contribution in [0.25, 0.3) is 0 Å². The van der Waals surface area contributed by atoms with Gasteiger partial charge in [0.1, 0.15) is 0 Å². The van der Waals surface area contributed by atoms with E-state index in [2.05, 4.69) is 90.0 Å². The van der Waals surface area contributed by atoms with Crippen molar-refractivity contribution < 1.29 is 0 Å². The highest BCUT2D eigenvalue weighted by Gasteiger charge is 2.54. The monoisotopic (exact) mass is 406 g/mol. The van der Waals surface area contributed by atoms with Crippen molar-refractivity contribution in [3.8, 4) is 0 Å². The standard InChI is InChI=1S/2C10H20.C9H18/c1-7(2)10(8(3)4)6-9(10)5;1-8(2)10(9(3)4)6-5-7-10;1-7(2)9(5-6-9)8(3)4/h7-9H,6H2,1-5H3;8-9H,5-7H2,1-4H3;7-8H,5-6H2,1-4H3. The van der Waals surface area contributed by atoms with Crippen LogP contribution in [-0.4, -0.2) is 0 Å². The zero-order chi connectivity index (χ0) is 22.8. The lowest BCUT2D eigenvalue weighted by molar-refractivity contribution is 0.0135. The second kappa shape index (κ2) is 10.1. The van der Waals surface area contributed by atoms with E-state index in [1.165, 1.54) is 38.5 Å². The Balaban J connectivity index is 0.000000218. The van der Waals surface area contributed by atoms with Gasteiger partial charge in [-0.2, -0.15) is 0 Å². The molecule has 0 aromatic rings. The molecule has 3 rings (SSSR count). The van der Waals surface area contributed by atoms with E-state index in [4.69, 9.17) is 0 Å². The summed E-state index contributed by atoms with van der Waals surface area (Å²) in [5.41, 5.74) is 2.18. The minimum Gasteiger partial charge on any atom is -0.0622 e. The fraction of sp³-hybridized carbons (Fsp3) is 1.00. The van der Waals surface area contributed by atoms with Crippen molar-refractivity contribution in [3.05, 3.63) is 0 Å². The van der Waals surface area contributed by atoms with Crippen molar-refractivity contribution in [3.63, 3.8) is 0 Å². The van der Waals surface area contributed by atoms with Crippen LogP contribution in [0.15, 0.2) is 0 Å². The minimum absolute atomic E-state index is 0.708. The molecule has 174 valence electrons. The molecule has 3 saturated carbocycles. The molecule has 0 nitrogen and oxygen atoms in total. The van der Waals surface area contributed by atoms with Gasteiger partial charge >= 0.3 is 0 Å². The summed E-state index contributed by atoms with van der Waals surface area (Å²) in [4.78, 5) is 0. The molecule has 29 heavy (non-hydrogen) atoms. The highest BCUT2D eigenvalue weighted by molar-refractivity contribution is 5.03. The lowest BCUT2D eigenvalue weighted by Crippen LogP contribution is -2.39. The van der Waals surface area contributed by atoms with Crippen LogP contribution in [-0.2, 0) is 0 Å². The Hall–Kier alpha value is 0. The minimum atomic E-state index is 0.708. The molecule has 0 spiro atoms. The third-order valence-electron chi connectivity index (χ3n) is 10.3. The molecule has 0 heterocycles. The molecule has 0 N–H and O–H groups in total. The van der Waals surface area contributed by atoms with Crippen molar-refractivity contribution in [1.82, 2.24) is 0 Å². The molecule has 0 amide bonds. The summed E-state index contributed by atoms with van der Waals surface area (Å²) in [6, 6.07) is 0. The first-order valence-electron chi connectivity index (χ1n) is 13.2. The summed E-state index contributed by atoms with van der Waals surface area (Å²) in [6.07, 6.45) is 8.83. The Morgan fingerprint density at radius 1 is 0.483 bits per heavy atom. The van der Waals surface area contributed by atoms with Gasteiger partial charge in [-0.1, -0.05) is 96.4 Å². The van der Waals surface area contributed by atoms with Gasteiger partial charge in [-0.25, -0.2) is 0 Å². The molecule has 0 bridgehead atoms. The van der Waals surface area contributed by atoms with Crippen molar-refractivity contribution in [1.29, 1.82) is 0 Å². The Labute approximate surface area is 186 Å². The van der Waals surface area contributed by atoms with Crippen LogP contribution in [0.5, 0.6) is 0 Å². The molecule has 3 aliphatic carbocycles. The molecular weight excluding hydrogens is 348 g/mol. The average Bonchev–Trinajstić information content (AvgIpc) is 3.39. The first kappa shape index (κ1) is 27.0. The van der Waals surface area contributed by atoms with E-state index in [0.717, 1.165) is 52.3 Å². The van der Waals surface area contributed by atoms with Crippen molar-refractivity contribution >= 4 is 0 Å². The quantitative estimate of drug-likeness (QED) is 0.411. The first-order valence-corrected chi connectivity index (χ1v) is 13.2. The maximum Gasteiger partial charge on any atom is -0.0223 e. The van der Waals surface area contributed by atoms with Gasteiger partial charge in [0, 0.05) is 0 Å². The Morgan fingerprint density at radius 2 is 0.759 bits per heavy atom. The van der Waals surface area contributed by atoms with E-state index in [1.54, 1.807) is 0 Å². The maximum atomic E-state index is 2.39. The fourth-order valence-electron chi connectivity index (χ4n) is 7.12. The van der Waals surface area contributed by atoms with E-state index < -0.39 is 0 Å². The highest BCUT2D eigenvalue weighted by Crippen LogP contribution is 2.62. The Kier molecular flexibility index (Phi) is 9.40. The van der Waals surface area contributed by atoms with E-state index in [-0.39, 0.29) is 0 Å². The van der Waals surface area contributed by atoms with Crippen LogP contribution in [0.1, 0.15) is 129 Å². The van der Waals surface area contributed by atoms with Gasteiger partial charge in [0.2, 0.25) is 0 Å².